The molecule has 0 aliphatic rings. The number of amides is 1. The molecule has 0 unspecified atom stereocenters. The number of H-pyrrole nitrogens is 1. The number of aromatic nitrogens is 2. The topological polar surface area (TPSA) is 93.2 Å². The molecule has 2 N–H and O–H groups in total. The Labute approximate surface area is 187 Å². The monoisotopic (exact) mass is 447 g/mol. The number of rotatable bonds is 6. The van der Waals surface area contributed by atoms with Crippen LogP contribution in [0.1, 0.15) is 15.9 Å². The van der Waals surface area contributed by atoms with Gasteiger partial charge in [0.25, 0.3) is 11.5 Å². The van der Waals surface area contributed by atoms with Gasteiger partial charge in [-0.1, -0.05) is 60.1 Å². The van der Waals surface area contributed by atoms with Gasteiger partial charge in [-0.05, 0) is 35.9 Å². The number of carbonyl (C=O) groups is 1. The van der Waals surface area contributed by atoms with Crippen LogP contribution in [0.5, 0.6) is 11.5 Å². The van der Waals surface area contributed by atoms with Gasteiger partial charge in [0, 0.05) is 11.2 Å². The van der Waals surface area contributed by atoms with Crippen molar-refractivity contribution in [1.29, 1.82) is 0 Å². The van der Waals surface area contributed by atoms with E-state index in [0.717, 1.165) is 10.8 Å². The second kappa shape index (κ2) is 9.36. The van der Waals surface area contributed by atoms with Crippen LogP contribution in [0.2, 0.25) is 5.02 Å². The maximum Gasteiger partial charge on any atom is 0.328 e. The van der Waals surface area contributed by atoms with Crippen molar-refractivity contribution in [1.82, 2.24) is 9.55 Å². The van der Waals surface area contributed by atoms with Gasteiger partial charge in [0.2, 0.25) is 0 Å². The van der Waals surface area contributed by atoms with Crippen molar-refractivity contribution < 1.29 is 9.53 Å². The van der Waals surface area contributed by atoms with Gasteiger partial charge in [0.05, 0.1) is 12.2 Å². The normalized spacial score (nSPS) is 10.5. The first-order valence-corrected chi connectivity index (χ1v) is 10.1. The molecule has 7 nitrogen and oxygen atoms in total. The summed E-state index contributed by atoms with van der Waals surface area (Å²) < 4.78 is 6.77. The smallest absolute Gasteiger partial charge is 0.328 e. The van der Waals surface area contributed by atoms with Crippen molar-refractivity contribution in [3.63, 3.8) is 0 Å². The minimum absolute atomic E-state index is 0.0668. The summed E-state index contributed by atoms with van der Waals surface area (Å²) in [5.74, 6) is 0.330. The van der Waals surface area contributed by atoms with Gasteiger partial charge in [-0.15, -0.1) is 0 Å². The average Bonchev–Trinajstić information content (AvgIpc) is 2.80. The molecular formula is C24H18ClN3O4. The molecule has 1 amide bonds. The molecule has 160 valence electrons. The van der Waals surface area contributed by atoms with Crippen LogP contribution in [0.25, 0.3) is 0 Å². The fourth-order valence-corrected chi connectivity index (χ4v) is 3.27. The van der Waals surface area contributed by atoms with Crippen LogP contribution < -0.4 is 21.3 Å². The number of anilines is 1. The Hall–Kier alpha value is -4.10. The lowest BCUT2D eigenvalue weighted by Gasteiger charge is -2.13. The molecule has 8 heteroatoms. The van der Waals surface area contributed by atoms with Gasteiger partial charge in [0.1, 0.15) is 11.3 Å². The van der Waals surface area contributed by atoms with E-state index in [-0.39, 0.29) is 12.1 Å². The van der Waals surface area contributed by atoms with Crippen LogP contribution in [0, 0.1) is 0 Å². The van der Waals surface area contributed by atoms with E-state index in [0.29, 0.717) is 27.8 Å². The summed E-state index contributed by atoms with van der Waals surface area (Å²) in [5.41, 5.74) is -0.622. The van der Waals surface area contributed by atoms with Crippen molar-refractivity contribution in [2.75, 3.05) is 5.32 Å². The van der Waals surface area contributed by atoms with E-state index in [1.54, 1.807) is 60.7 Å². The Balaban J connectivity index is 1.62. The number of hydrogen-bond donors (Lipinski definition) is 2. The summed E-state index contributed by atoms with van der Waals surface area (Å²) in [6.45, 7) is -0.0668. The summed E-state index contributed by atoms with van der Waals surface area (Å²) in [5, 5.41) is 3.10. The van der Waals surface area contributed by atoms with E-state index in [9.17, 15) is 14.4 Å². The molecule has 0 bridgehead atoms. The van der Waals surface area contributed by atoms with Gasteiger partial charge in [-0.3, -0.25) is 14.2 Å². The van der Waals surface area contributed by atoms with Crippen LogP contribution >= 0.6 is 11.6 Å². The fourth-order valence-electron chi connectivity index (χ4n) is 3.08. The van der Waals surface area contributed by atoms with Crippen LogP contribution in [0.15, 0.2) is 94.6 Å². The summed E-state index contributed by atoms with van der Waals surface area (Å²) in [7, 11) is 0. The molecule has 3 aromatic carbocycles. The maximum absolute atomic E-state index is 12.9. The fraction of sp³-hybridized carbons (Fsp3) is 0.0417. The quantitative estimate of drug-likeness (QED) is 0.461. The second-order valence-corrected chi connectivity index (χ2v) is 7.26. The van der Waals surface area contributed by atoms with Gasteiger partial charge in [-0.2, -0.15) is 0 Å². The molecule has 0 spiro atoms. The molecule has 0 fully saturated rings. The second-order valence-electron chi connectivity index (χ2n) is 6.86. The van der Waals surface area contributed by atoms with Gasteiger partial charge >= 0.3 is 5.69 Å². The lowest BCUT2D eigenvalue weighted by atomic mass is 10.2. The Morgan fingerprint density at radius 3 is 2.41 bits per heavy atom. The van der Waals surface area contributed by atoms with E-state index < -0.39 is 17.2 Å². The van der Waals surface area contributed by atoms with Crippen LogP contribution in [0.3, 0.4) is 0 Å². The Bertz CT molecular complexity index is 1380. The number of nitrogens with zero attached hydrogens (tertiary/aromatic N) is 1. The largest absolute Gasteiger partial charge is 0.455 e. The molecule has 32 heavy (non-hydrogen) atoms. The van der Waals surface area contributed by atoms with Crippen molar-refractivity contribution in [2.45, 2.75) is 6.54 Å². The summed E-state index contributed by atoms with van der Waals surface area (Å²) >= 11 is 6.15. The van der Waals surface area contributed by atoms with E-state index in [1.165, 1.54) is 0 Å². The van der Waals surface area contributed by atoms with E-state index in [1.807, 2.05) is 18.2 Å². The predicted octanol–water partition coefficient (Wildman–Crippen LogP) is 4.28. The number of carbonyl (C=O) groups excluding carboxylic acids is 1. The Morgan fingerprint density at radius 2 is 1.62 bits per heavy atom. The number of benzene rings is 3. The maximum atomic E-state index is 12.9. The number of hydrogen-bond acceptors (Lipinski definition) is 4. The molecule has 0 aliphatic heterocycles. The highest BCUT2D eigenvalue weighted by Gasteiger charge is 2.17. The van der Waals surface area contributed by atoms with Crippen LogP contribution in [-0.4, -0.2) is 15.5 Å². The van der Waals surface area contributed by atoms with Gasteiger partial charge in [-0.25, -0.2) is 4.79 Å². The molecule has 0 saturated carbocycles. The molecule has 1 heterocycles. The van der Waals surface area contributed by atoms with Gasteiger partial charge < -0.3 is 15.0 Å². The molecule has 1 aromatic heterocycles. The third-order valence-corrected chi connectivity index (χ3v) is 5.07. The third kappa shape index (κ3) is 4.63. The molecule has 0 atom stereocenters. The highest BCUT2D eigenvalue weighted by Crippen LogP contribution is 2.29. The number of para-hydroxylation sites is 3. The van der Waals surface area contributed by atoms with Gasteiger partial charge in [0.15, 0.2) is 5.75 Å². The Kier molecular flexibility index (Phi) is 6.19. The highest BCUT2D eigenvalue weighted by molar-refractivity contribution is 6.31. The van der Waals surface area contributed by atoms with Crippen molar-refractivity contribution in [2.24, 2.45) is 0 Å². The first kappa shape index (κ1) is 21.1. The molecule has 0 saturated heterocycles. The van der Waals surface area contributed by atoms with E-state index >= 15 is 0 Å². The van der Waals surface area contributed by atoms with Crippen molar-refractivity contribution in [3.05, 3.63) is 122 Å². The predicted molar refractivity (Wildman–Crippen MR) is 123 cm³/mol. The highest BCUT2D eigenvalue weighted by atomic mass is 35.5. The van der Waals surface area contributed by atoms with Crippen LogP contribution in [-0.2, 0) is 6.54 Å². The summed E-state index contributed by atoms with van der Waals surface area (Å²) in [6.07, 6.45) is 1.10. The number of ether oxygens (including phenoxy) is 1. The van der Waals surface area contributed by atoms with E-state index in [4.69, 9.17) is 16.3 Å². The summed E-state index contributed by atoms with van der Waals surface area (Å²) in [6, 6.07) is 22.8. The molecule has 4 rings (SSSR count). The lowest BCUT2D eigenvalue weighted by molar-refractivity contribution is 0.102. The van der Waals surface area contributed by atoms with Crippen LogP contribution in [0.4, 0.5) is 5.69 Å². The molecule has 4 aromatic rings. The number of halogens is 1. The summed E-state index contributed by atoms with van der Waals surface area (Å²) in [4.78, 5) is 40.5. The number of nitrogens with one attached hydrogen (secondary N) is 2. The third-order valence-electron chi connectivity index (χ3n) is 4.70. The Morgan fingerprint density at radius 1 is 0.938 bits per heavy atom. The minimum atomic E-state index is -0.729. The SMILES string of the molecule is O=C(Nc1ccccc1Oc1ccccc1)c1c[nH]c(=O)n(Cc2ccccc2Cl)c1=O. The zero-order valence-electron chi connectivity index (χ0n) is 16.7. The molecule has 0 radical (unpaired) electrons. The minimum Gasteiger partial charge on any atom is -0.455 e. The van der Waals surface area contributed by atoms with Crippen molar-refractivity contribution >= 4 is 23.2 Å². The standard InChI is InChI=1S/C24H18ClN3O4/c25-19-11-5-4-8-16(19)15-28-23(30)18(14-26-24(28)31)22(29)27-20-12-6-7-13-21(20)32-17-9-2-1-3-10-17/h1-14H,15H2,(H,26,31)(H,27,29). The molecule has 0 aliphatic carbocycles. The first-order chi connectivity index (χ1) is 15.5. The van der Waals surface area contributed by atoms with E-state index in [2.05, 4.69) is 10.3 Å². The zero-order chi connectivity index (χ0) is 22.5. The number of aromatic amines is 1. The van der Waals surface area contributed by atoms with Crippen molar-refractivity contribution in [3.8, 4) is 11.5 Å². The average molecular weight is 448 g/mol. The molecular weight excluding hydrogens is 430 g/mol. The zero-order valence-corrected chi connectivity index (χ0v) is 17.5. The lowest BCUT2D eigenvalue weighted by Crippen LogP contribution is -2.39. The first-order valence-electron chi connectivity index (χ1n) is 9.72.